The molecule has 0 bridgehead atoms. The lowest BCUT2D eigenvalue weighted by molar-refractivity contribution is 0.273. The number of fused-ring (bicyclic) bond motifs is 2. The highest BCUT2D eigenvalue weighted by Crippen LogP contribution is 2.41. The van der Waals surface area contributed by atoms with E-state index in [1.807, 2.05) is 0 Å². The van der Waals surface area contributed by atoms with Gasteiger partial charge in [-0.2, -0.15) is 0 Å². The van der Waals surface area contributed by atoms with E-state index in [4.69, 9.17) is 0 Å². The van der Waals surface area contributed by atoms with Gasteiger partial charge in [0.2, 0.25) is 19.7 Å². The van der Waals surface area contributed by atoms with E-state index >= 15 is 0 Å². The molecule has 2 aromatic carbocycles. The number of hydrogen-bond acceptors (Lipinski definition) is 5. The van der Waals surface area contributed by atoms with Crippen LogP contribution in [0.15, 0.2) is 56.0 Å². The second-order valence-corrected chi connectivity index (χ2v) is 9.16. The van der Waals surface area contributed by atoms with Gasteiger partial charge in [-0.25, -0.2) is 21.2 Å². The van der Waals surface area contributed by atoms with Crippen LogP contribution in [-0.4, -0.2) is 28.5 Å². The van der Waals surface area contributed by atoms with Crippen molar-refractivity contribution in [2.75, 3.05) is 6.61 Å². The van der Waals surface area contributed by atoms with Gasteiger partial charge >= 0.3 is 0 Å². The third-order valence-electron chi connectivity index (χ3n) is 3.87. The molecule has 0 amide bonds. The summed E-state index contributed by atoms with van der Waals surface area (Å²) in [5, 5.41) is 9.20. The lowest BCUT2D eigenvalue weighted by Gasteiger charge is -2.21. The summed E-state index contributed by atoms with van der Waals surface area (Å²) in [5.74, 6) is -1.16. The third kappa shape index (κ3) is 2.29. The Morgan fingerprint density at radius 1 is 0.913 bits per heavy atom. The van der Waals surface area contributed by atoms with Crippen molar-refractivity contribution >= 4 is 19.7 Å². The van der Waals surface area contributed by atoms with Gasteiger partial charge in [-0.3, -0.25) is 0 Å². The molecule has 1 aliphatic rings. The van der Waals surface area contributed by atoms with Crippen molar-refractivity contribution in [1.82, 2.24) is 0 Å². The van der Waals surface area contributed by atoms with Crippen molar-refractivity contribution in [2.24, 2.45) is 0 Å². The highest BCUT2D eigenvalue weighted by atomic mass is 32.2. The topological polar surface area (TPSA) is 88.5 Å². The lowest BCUT2D eigenvalue weighted by atomic mass is 10.0. The first kappa shape index (κ1) is 16.1. The van der Waals surface area contributed by atoms with Crippen molar-refractivity contribution in [2.45, 2.75) is 32.4 Å². The summed E-state index contributed by atoms with van der Waals surface area (Å²) in [4.78, 5) is -1.69. The molecule has 0 spiro atoms. The SMILES string of the molecule is CC(CO)c1ccc2c(c1)S(=O)(=O)c1ccc(F)cc1S2(=O)=O. The number of aliphatic hydroxyl groups excluding tert-OH is 1. The van der Waals surface area contributed by atoms with Crippen LogP contribution in [0, 0.1) is 5.82 Å². The standard InChI is InChI=1S/C15H13FO5S2/c1-9(8-17)10-2-4-12-14(6-10)22(18,19)13-5-3-11(16)7-15(13)23(12,20)21/h2-7,9,17H,8H2,1H3. The summed E-state index contributed by atoms with van der Waals surface area (Å²) in [5.41, 5.74) is 0.510. The fourth-order valence-corrected chi connectivity index (χ4v) is 6.68. The molecule has 5 nitrogen and oxygen atoms in total. The minimum absolute atomic E-state index is 0.201. The van der Waals surface area contributed by atoms with Crippen LogP contribution in [0.2, 0.25) is 0 Å². The molecule has 1 heterocycles. The second-order valence-electron chi connectivity index (χ2n) is 5.39. The van der Waals surface area contributed by atoms with Crippen LogP contribution < -0.4 is 0 Å². The molecule has 0 radical (unpaired) electrons. The number of sulfone groups is 2. The fraction of sp³-hybridized carbons (Fsp3) is 0.200. The van der Waals surface area contributed by atoms with E-state index in [2.05, 4.69) is 0 Å². The molecule has 23 heavy (non-hydrogen) atoms. The van der Waals surface area contributed by atoms with Crippen molar-refractivity contribution in [3.8, 4) is 0 Å². The van der Waals surface area contributed by atoms with Crippen LogP contribution in [0.5, 0.6) is 0 Å². The zero-order valence-electron chi connectivity index (χ0n) is 12.0. The Labute approximate surface area is 133 Å². The largest absolute Gasteiger partial charge is 0.396 e. The maximum Gasteiger partial charge on any atom is 0.209 e. The van der Waals surface area contributed by atoms with Gasteiger partial charge in [0.05, 0.1) is 19.6 Å². The van der Waals surface area contributed by atoms with Gasteiger partial charge in [-0.05, 0) is 35.9 Å². The van der Waals surface area contributed by atoms with E-state index in [1.54, 1.807) is 6.92 Å². The van der Waals surface area contributed by atoms with Crippen LogP contribution >= 0.6 is 0 Å². The molecular weight excluding hydrogens is 343 g/mol. The van der Waals surface area contributed by atoms with Crippen molar-refractivity contribution in [1.29, 1.82) is 0 Å². The number of rotatable bonds is 2. The van der Waals surface area contributed by atoms with E-state index in [-0.39, 0.29) is 22.3 Å². The predicted octanol–water partition coefficient (Wildman–Crippen LogP) is 1.90. The Balaban J connectivity index is 2.39. The lowest BCUT2D eigenvalue weighted by Crippen LogP contribution is -2.20. The maximum atomic E-state index is 13.4. The number of hydrogen-bond donors (Lipinski definition) is 1. The summed E-state index contributed by atoms with van der Waals surface area (Å²) in [7, 11) is -8.21. The van der Waals surface area contributed by atoms with Crippen molar-refractivity contribution < 1.29 is 26.3 Å². The summed E-state index contributed by atoms with van der Waals surface area (Å²) in [6.45, 7) is 1.49. The average Bonchev–Trinajstić information content (AvgIpc) is 2.52. The second kappa shape index (κ2) is 5.12. The van der Waals surface area contributed by atoms with Crippen LogP contribution in [0.1, 0.15) is 18.4 Å². The Morgan fingerprint density at radius 2 is 1.43 bits per heavy atom. The summed E-state index contributed by atoms with van der Waals surface area (Å²) < 4.78 is 64.0. The first-order valence-corrected chi connectivity index (χ1v) is 9.71. The highest BCUT2D eigenvalue weighted by molar-refractivity contribution is 7.97. The average molecular weight is 356 g/mol. The molecule has 3 rings (SSSR count). The van der Waals surface area contributed by atoms with Gasteiger partial charge < -0.3 is 5.11 Å². The van der Waals surface area contributed by atoms with E-state index in [9.17, 15) is 26.3 Å². The molecule has 1 N–H and O–H groups in total. The molecule has 0 aromatic heterocycles. The molecule has 2 aromatic rings. The third-order valence-corrected chi connectivity index (χ3v) is 7.84. The number of benzene rings is 2. The normalized spacial score (nSPS) is 18.7. The number of aliphatic hydroxyl groups is 1. The van der Waals surface area contributed by atoms with Crippen LogP contribution in [0.25, 0.3) is 0 Å². The molecule has 0 aliphatic carbocycles. The molecule has 8 heteroatoms. The van der Waals surface area contributed by atoms with Gasteiger partial charge in [0.15, 0.2) is 0 Å². The summed E-state index contributed by atoms with van der Waals surface area (Å²) in [6, 6.07) is 6.50. The quantitative estimate of drug-likeness (QED) is 0.709. The van der Waals surface area contributed by atoms with Crippen molar-refractivity contribution in [3.05, 3.63) is 47.8 Å². The zero-order valence-corrected chi connectivity index (χ0v) is 13.7. The first-order valence-electron chi connectivity index (χ1n) is 6.74. The Morgan fingerprint density at radius 3 is 2.00 bits per heavy atom. The predicted molar refractivity (Wildman–Crippen MR) is 79.2 cm³/mol. The maximum absolute atomic E-state index is 13.4. The molecule has 0 saturated carbocycles. The molecule has 0 fully saturated rings. The van der Waals surface area contributed by atoms with Crippen LogP contribution in [-0.2, 0) is 19.7 Å². The molecule has 122 valence electrons. The van der Waals surface area contributed by atoms with E-state index in [0.717, 1.165) is 18.2 Å². The zero-order chi connectivity index (χ0) is 17.0. The van der Waals surface area contributed by atoms with Gasteiger partial charge in [-0.1, -0.05) is 13.0 Å². The van der Waals surface area contributed by atoms with Gasteiger partial charge in [0.25, 0.3) is 0 Å². The Kier molecular flexibility index (Phi) is 3.58. The highest BCUT2D eigenvalue weighted by Gasteiger charge is 2.39. The molecule has 0 saturated heterocycles. The number of halogens is 1. The van der Waals surface area contributed by atoms with Crippen LogP contribution in [0.4, 0.5) is 4.39 Å². The van der Waals surface area contributed by atoms with Crippen LogP contribution in [0.3, 0.4) is 0 Å². The molecular formula is C15H13FO5S2. The van der Waals surface area contributed by atoms with E-state index in [1.165, 1.54) is 18.2 Å². The summed E-state index contributed by atoms with van der Waals surface area (Å²) >= 11 is 0. The minimum atomic E-state index is -4.13. The monoisotopic (exact) mass is 356 g/mol. The van der Waals surface area contributed by atoms with Gasteiger partial charge in [0, 0.05) is 12.5 Å². The first-order chi connectivity index (χ1) is 10.7. The molecule has 1 aliphatic heterocycles. The van der Waals surface area contributed by atoms with E-state index in [0.29, 0.717) is 5.56 Å². The Hall–Kier alpha value is -1.77. The fourth-order valence-electron chi connectivity index (χ4n) is 2.52. The minimum Gasteiger partial charge on any atom is -0.396 e. The molecule has 1 atom stereocenters. The van der Waals surface area contributed by atoms with E-state index < -0.39 is 35.3 Å². The summed E-state index contributed by atoms with van der Waals surface area (Å²) in [6.07, 6.45) is 0. The Bertz CT molecular complexity index is 1010. The smallest absolute Gasteiger partial charge is 0.209 e. The van der Waals surface area contributed by atoms with Gasteiger partial charge in [0.1, 0.15) is 5.82 Å². The van der Waals surface area contributed by atoms with Crippen molar-refractivity contribution in [3.63, 3.8) is 0 Å². The molecule has 1 unspecified atom stereocenters. The van der Waals surface area contributed by atoms with Gasteiger partial charge in [-0.15, -0.1) is 0 Å².